The SMILES string of the molecule is COC(=O)C(CC#C[Si](C)(C)C(C)(C)C)(C(=O)OC)C1CCCC=C1Br. The maximum absolute atomic E-state index is 12.8. The largest absolute Gasteiger partial charge is 0.468 e. The average Bonchev–Trinajstić information content (AvgIpc) is 2.57. The fourth-order valence-corrected chi connectivity index (χ4v) is 4.67. The number of halogens is 1. The number of rotatable bonds is 4. The number of esters is 2. The zero-order valence-electron chi connectivity index (χ0n) is 17.0. The molecule has 1 atom stereocenters. The van der Waals surface area contributed by atoms with E-state index in [0.717, 1.165) is 17.3 Å². The molecular formula is C20H31BrO4Si. The van der Waals surface area contributed by atoms with Crippen LogP contribution in [-0.2, 0) is 19.1 Å². The maximum Gasteiger partial charge on any atom is 0.324 e. The van der Waals surface area contributed by atoms with E-state index in [4.69, 9.17) is 9.47 Å². The van der Waals surface area contributed by atoms with Gasteiger partial charge in [-0.15, -0.1) is 11.5 Å². The highest BCUT2D eigenvalue weighted by atomic mass is 79.9. The van der Waals surface area contributed by atoms with Gasteiger partial charge in [-0.1, -0.05) is 55.9 Å². The van der Waals surface area contributed by atoms with Crippen molar-refractivity contribution in [1.29, 1.82) is 0 Å². The lowest BCUT2D eigenvalue weighted by Crippen LogP contribution is -2.48. The number of ether oxygens (including phenoxy) is 2. The number of hydrogen-bond acceptors (Lipinski definition) is 4. The zero-order valence-corrected chi connectivity index (χ0v) is 19.6. The molecule has 1 rings (SSSR count). The van der Waals surface area contributed by atoms with Gasteiger partial charge in [-0.3, -0.25) is 9.59 Å². The summed E-state index contributed by atoms with van der Waals surface area (Å²) < 4.78 is 10.9. The zero-order chi connectivity index (χ0) is 20.2. The topological polar surface area (TPSA) is 52.6 Å². The van der Waals surface area contributed by atoms with Crippen LogP contribution in [0.5, 0.6) is 0 Å². The van der Waals surface area contributed by atoms with Crippen molar-refractivity contribution >= 4 is 35.9 Å². The lowest BCUT2D eigenvalue weighted by atomic mass is 9.69. The summed E-state index contributed by atoms with van der Waals surface area (Å²) in [6, 6.07) is 0. The molecule has 26 heavy (non-hydrogen) atoms. The van der Waals surface area contributed by atoms with Crippen molar-refractivity contribution in [2.75, 3.05) is 14.2 Å². The van der Waals surface area contributed by atoms with Crippen LogP contribution in [0.15, 0.2) is 10.6 Å². The van der Waals surface area contributed by atoms with Crippen molar-refractivity contribution in [3.8, 4) is 11.5 Å². The average molecular weight is 443 g/mol. The van der Waals surface area contributed by atoms with Crippen LogP contribution in [-0.4, -0.2) is 34.2 Å². The second-order valence-corrected chi connectivity index (χ2v) is 14.3. The van der Waals surface area contributed by atoms with Gasteiger partial charge in [0.2, 0.25) is 0 Å². The van der Waals surface area contributed by atoms with E-state index in [1.807, 2.05) is 6.08 Å². The van der Waals surface area contributed by atoms with E-state index in [2.05, 4.69) is 61.3 Å². The molecule has 6 heteroatoms. The van der Waals surface area contributed by atoms with Crippen LogP contribution in [0.1, 0.15) is 46.5 Å². The molecule has 0 bridgehead atoms. The van der Waals surface area contributed by atoms with Crippen LogP contribution >= 0.6 is 15.9 Å². The molecule has 0 fully saturated rings. The highest BCUT2D eigenvalue weighted by Gasteiger charge is 2.55. The van der Waals surface area contributed by atoms with Crippen LogP contribution in [0.25, 0.3) is 0 Å². The van der Waals surface area contributed by atoms with Gasteiger partial charge in [0.05, 0.1) is 14.2 Å². The molecule has 0 amide bonds. The van der Waals surface area contributed by atoms with Gasteiger partial charge in [-0.2, -0.15) is 0 Å². The van der Waals surface area contributed by atoms with E-state index < -0.39 is 25.4 Å². The monoisotopic (exact) mass is 442 g/mol. The van der Waals surface area contributed by atoms with E-state index in [0.29, 0.717) is 6.42 Å². The van der Waals surface area contributed by atoms with Gasteiger partial charge < -0.3 is 9.47 Å². The van der Waals surface area contributed by atoms with E-state index in [-0.39, 0.29) is 17.4 Å². The van der Waals surface area contributed by atoms with E-state index >= 15 is 0 Å². The number of methoxy groups -OCH3 is 2. The van der Waals surface area contributed by atoms with Crippen molar-refractivity contribution in [3.05, 3.63) is 10.6 Å². The van der Waals surface area contributed by atoms with Gasteiger partial charge in [-0.05, 0) is 28.8 Å². The minimum absolute atomic E-state index is 0.102. The first-order chi connectivity index (χ1) is 11.9. The first-order valence-corrected chi connectivity index (χ1v) is 12.8. The van der Waals surface area contributed by atoms with Crippen LogP contribution in [0.2, 0.25) is 18.1 Å². The third-order valence-electron chi connectivity index (χ3n) is 5.71. The Morgan fingerprint density at radius 1 is 1.23 bits per heavy atom. The third-order valence-corrected chi connectivity index (χ3v) is 11.1. The smallest absolute Gasteiger partial charge is 0.324 e. The molecule has 4 nitrogen and oxygen atoms in total. The molecule has 0 radical (unpaired) electrons. The summed E-state index contributed by atoms with van der Waals surface area (Å²) >= 11 is 3.55. The van der Waals surface area contributed by atoms with E-state index in [9.17, 15) is 9.59 Å². The fraction of sp³-hybridized carbons (Fsp3) is 0.700. The van der Waals surface area contributed by atoms with Gasteiger partial charge in [-0.25, -0.2) is 0 Å². The Morgan fingerprint density at radius 2 is 1.77 bits per heavy atom. The van der Waals surface area contributed by atoms with Gasteiger partial charge >= 0.3 is 11.9 Å². The van der Waals surface area contributed by atoms with Crippen molar-refractivity contribution in [3.63, 3.8) is 0 Å². The molecule has 1 aliphatic carbocycles. The van der Waals surface area contributed by atoms with Crippen LogP contribution < -0.4 is 0 Å². The van der Waals surface area contributed by atoms with Gasteiger partial charge in [0.25, 0.3) is 0 Å². The summed E-state index contributed by atoms with van der Waals surface area (Å²) in [5.74, 6) is 1.71. The highest BCUT2D eigenvalue weighted by molar-refractivity contribution is 9.11. The second-order valence-electron chi connectivity index (χ2n) is 8.38. The molecule has 0 saturated carbocycles. The minimum Gasteiger partial charge on any atom is -0.468 e. The molecular weight excluding hydrogens is 412 g/mol. The van der Waals surface area contributed by atoms with Crippen molar-refractivity contribution in [2.45, 2.75) is 64.6 Å². The summed E-state index contributed by atoms with van der Waals surface area (Å²) in [7, 11) is 0.762. The summed E-state index contributed by atoms with van der Waals surface area (Å²) in [6.45, 7) is 11.0. The van der Waals surface area contributed by atoms with Gasteiger partial charge in [0, 0.05) is 12.3 Å². The Hall–Kier alpha value is -1.06. The van der Waals surface area contributed by atoms with Crippen LogP contribution in [0.4, 0.5) is 0 Å². The maximum atomic E-state index is 12.8. The normalized spacial score (nSPS) is 18.3. The van der Waals surface area contributed by atoms with Crippen LogP contribution in [0, 0.1) is 22.8 Å². The molecule has 1 aliphatic rings. The Bertz CT molecular complexity index is 618. The van der Waals surface area contributed by atoms with Crippen LogP contribution in [0.3, 0.4) is 0 Å². The second kappa shape index (κ2) is 8.75. The summed E-state index contributed by atoms with van der Waals surface area (Å²) in [4.78, 5) is 25.6. The Kier molecular flexibility index (Phi) is 7.73. The molecule has 0 N–H and O–H groups in total. The molecule has 0 spiro atoms. The molecule has 1 unspecified atom stereocenters. The Balaban J connectivity index is 3.42. The first kappa shape index (κ1) is 23.0. The number of carbonyl (C=O) groups is 2. The first-order valence-electron chi connectivity index (χ1n) is 8.96. The highest BCUT2D eigenvalue weighted by Crippen LogP contribution is 2.46. The molecule has 0 aromatic heterocycles. The number of carbonyl (C=O) groups excluding carboxylic acids is 2. The summed E-state index contributed by atoms with van der Waals surface area (Å²) in [5.41, 5.74) is 1.97. The lowest BCUT2D eigenvalue weighted by molar-refractivity contribution is -0.172. The third kappa shape index (κ3) is 4.61. The number of hydrogen-bond donors (Lipinski definition) is 0. The van der Waals surface area contributed by atoms with Crippen molar-refractivity contribution in [1.82, 2.24) is 0 Å². The van der Waals surface area contributed by atoms with E-state index in [1.54, 1.807) is 0 Å². The predicted molar refractivity (Wildman–Crippen MR) is 110 cm³/mol. The summed E-state index contributed by atoms with van der Waals surface area (Å²) in [5, 5.41) is 0.102. The Labute approximate surface area is 167 Å². The molecule has 0 aromatic rings. The molecule has 0 heterocycles. The predicted octanol–water partition coefficient (Wildman–Crippen LogP) is 4.84. The van der Waals surface area contributed by atoms with Crippen molar-refractivity contribution < 1.29 is 19.1 Å². The molecule has 0 aliphatic heterocycles. The fourth-order valence-electron chi connectivity index (χ4n) is 2.92. The van der Waals surface area contributed by atoms with Gasteiger partial charge in [0.1, 0.15) is 8.07 Å². The van der Waals surface area contributed by atoms with Crippen molar-refractivity contribution in [2.24, 2.45) is 11.3 Å². The molecule has 0 saturated heterocycles. The Morgan fingerprint density at radius 3 is 2.19 bits per heavy atom. The minimum atomic E-state index is -1.85. The lowest BCUT2D eigenvalue weighted by Gasteiger charge is -2.36. The standard InChI is InChI=1S/C20H31BrO4Si/c1-19(2,3)26(6,7)14-10-13-20(17(22)24-4,18(23)25-5)15-11-8-9-12-16(15)21/h12,15H,8-9,11,13H2,1-7H3. The van der Waals surface area contributed by atoms with E-state index in [1.165, 1.54) is 14.2 Å². The van der Waals surface area contributed by atoms with Gasteiger partial charge in [0.15, 0.2) is 5.41 Å². The number of allylic oxidation sites excluding steroid dienone is 2. The summed E-state index contributed by atoms with van der Waals surface area (Å²) in [6.07, 6.45) is 4.67. The molecule has 146 valence electrons. The molecule has 0 aromatic carbocycles. The quantitative estimate of drug-likeness (QED) is 0.270.